The molecule has 3 aliphatic rings. The van der Waals surface area contributed by atoms with Gasteiger partial charge in [-0.15, -0.1) is 11.8 Å². The van der Waals surface area contributed by atoms with Crippen LogP contribution in [0, 0.1) is 6.92 Å². The number of hydrogen-bond donors (Lipinski definition) is 0. The lowest BCUT2D eigenvalue weighted by atomic mass is 10.1. The summed E-state index contributed by atoms with van der Waals surface area (Å²) in [4.78, 5) is 13.9. The van der Waals surface area contributed by atoms with E-state index in [1.165, 1.54) is 5.56 Å². The van der Waals surface area contributed by atoms with Crippen LogP contribution in [0.15, 0.2) is 24.3 Å². The molecule has 2 unspecified atom stereocenters. The molecule has 0 aromatic heterocycles. The summed E-state index contributed by atoms with van der Waals surface area (Å²) in [6, 6.07) is 8.22. The number of rotatable bonds is 1. The quantitative estimate of drug-likeness (QED) is 0.722. The van der Waals surface area contributed by atoms with Crippen LogP contribution >= 0.6 is 11.8 Å². The van der Waals surface area contributed by atoms with Crippen molar-refractivity contribution in [2.45, 2.75) is 23.8 Å². The number of thioether (sulfide) groups is 1. The lowest BCUT2D eigenvalue weighted by Gasteiger charge is -2.45. The third kappa shape index (κ3) is 1.46. The Morgan fingerprint density at radius 2 is 2.00 bits per heavy atom. The van der Waals surface area contributed by atoms with Gasteiger partial charge < -0.3 is 4.90 Å². The van der Waals surface area contributed by atoms with Gasteiger partial charge in [-0.2, -0.15) is 0 Å². The largest absolute Gasteiger partial charge is 0.310 e. The van der Waals surface area contributed by atoms with Crippen LogP contribution in [0.1, 0.15) is 12.0 Å². The fraction of sp³-hybridized carbons (Fsp3) is 0.417. The number of fused-ring (bicyclic) bond motifs is 2. The van der Waals surface area contributed by atoms with Gasteiger partial charge in [-0.25, -0.2) is 0 Å². The van der Waals surface area contributed by atoms with E-state index in [1.807, 2.05) is 28.8 Å². The fourth-order valence-electron chi connectivity index (χ4n) is 2.16. The van der Waals surface area contributed by atoms with Gasteiger partial charge >= 0.3 is 0 Å². The van der Waals surface area contributed by atoms with Crippen molar-refractivity contribution in [3.8, 4) is 0 Å². The standard InChI is InChI=1S/C12H13NOS/c1-8-2-4-9(5-3-8)13-7-10-6-11(15-10)12(13)14/h2-5,10-11H,6-7H2,1H3. The van der Waals surface area contributed by atoms with Crippen molar-refractivity contribution in [3.05, 3.63) is 29.8 Å². The minimum absolute atomic E-state index is 0.241. The van der Waals surface area contributed by atoms with Gasteiger partial charge in [0, 0.05) is 17.5 Å². The first-order chi connectivity index (χ1) is 7.24. The number of benzene rings is 1. The molecule has 3 aliphatic heterocycles. The van der Waals surface area contributed by atoms with E-state index >= 15 is 0 Å². The Morgan fingerprint density at radius 1 is 1.33 bits per heavy atom. The van der Waals surface area contributed by atoms with Gasteiger partial charge in [0.25, 0.3) is 0 Å². The molecular weight excluding hydrogens is 206 g/mol. The van der Waals surface area contributed by atoms with E-state index in [4.69, 9.17) is 0 Å². The van der Waals surface area contributed by atoms with Crippen molar-refractivity contribution in [3.63, 3.8) is 0 Å². The summed E-state index contributed by atoms with van der Waals surface area (Å²) in [6.45, 7) is 2.96. The molecule has 15 heavy (non-hydrogen) atoms. The second-order valence-electron chi connectivity index (χ2n) is 4.27. The molecule has 0 saturated carbocycles. The molecule has 1 amide bonds. The normalized spacial score (nSPS) is 28.9. The van der Waals surface area contributed by atoms with Crippen molar-refractivity contribution in [1.82, 2.24) is 0 Å². The Labute approximate surface area is 93.7 Å². The fourth-order valence-corrected chi connectivity index (χ4v) is 3.39. The van der Waals surface area contributed by atoms with Crippen molar-refractivity contribution in [1.29, 1.82) is 0 Å². The molecule has 4 rings (SSSR count). The molecule has 0 spiro atoms. The number of carbonyl (C=O) groups excluding carboxylic acids is 1. The van der Waals surface area contributed by atoms with Gasteiger partial charge in [0.2, 0.25) is 5.91 Å². The lowest BCUT2D eigenvalue weighted by Crippen LogP contribution is -2.55. The van der Waals surface area contributed by atoms with Gasteiger partial charge in [0.15, 0.2) is 0 Å². The predicted molar refractivity (Wildman–Crippen MR) is 63.3 cm³/mol. The highest BCUT2D eigenvalue weighted by molar-refractivity contribution is 8.02. The number of piperidine rings is 1. The molecule has 2 bridgehead atoms. The highest BCUT2D eigenvalue weighted by atomic mass is 32.2. The molecule has 3 heteroatoms. The first kappa shape index (κ1) is 9.28. The van der Waals surface area contributed by atoms with E-state index in [0.717, 1.165) is 18.7 Å². The first-order valence-corrected chi connectivity index (χ1v) is 6.22. The maximum Gasteiger partial charge on any atom is 0.240 e. The number of amides is 1. The maximum atomic E-state index is 12.0. The maximum absolute atomic E-state index is 12.0. The molecule has 3 heterocycles. The SMILES string of the molecule is Cc1ccc(N2CC3CC(S3)C2=O)cc1. The summed E-state index contributed by atoms with van der Waals surface area (Å²) in [5.41, 5.74) is 2.29. The molecule has 2 nitrogen and oxygen atoms in total. The Kier molecular flexibility index (Phi) is 2.02. The monoisotopic (exact) mass is 219 g/mol. The van der Waals surface area contributed by atoms with Crippen LogP contribution in [0.3, 0.4) is 0 Å². The van der Waals surface area contributed by atoms with Gasteiger partial charge in [0.05, 0.1) is 5.25 Å². The zero-order valence-corrected chi connectivity index (χ0v) is 9.46. The minimum Gasteiger partial charge on any atom is -0.310 e. The number of aryl methyl sites for hydroxylation is 1. The average molecular weight is 219 g/mol. The number of nitrogens with zero attached hydrogens (tertiary/aromatic N) is 1. The van der Waals surface area contributed by atoms with Crippen molar-refractivity contribution in [2.24, 2.45) is 0 Å². The summed E-state index contributed by atoms with van der Waals surface area (Å²) in [6.07, 6.45) is 1.09. The van der Waals surface area contributed by atoms with E-state index in [-0.39, 0.29) is 5.25 Å². The number of anilines is 1. The third-order valence-electron chi connectivity index (χ3n) is 3.11. The van der Waals surface area contributed by atoms with Crippen LogP contribution in [0.2, 0.25) is 0 Å². The molecule has 78 valence electrons. The molecule has 0 radical (unpaired) electrons. The Hall–Kier alpha value is -0.960. The Balaban J connectivity index is 1.88. The first-order valence-electron chi connectivity index (χ1n) is 5.27. The second kappa shape index (κ2) is 3.27. The van der Waals surface area contributed by atoms with Crippen molar-refractivity contribution in [2.75, 3.05) is 11.4 Å². The molecule has 3 fully saturated rings. The van der Waals surface area contributed by atoms with Crippen LogP contribution in [-0.2, 0) is 4.79 Å². The second-order valence-corrected chi connectivity index (χ2v) is 5.77. The van der Waals surface area contributed by atoms with E-state index in [2.05, 4.69) is 19.1 Å². The summed E-state index contributed by atoms with van der Waals surface area (Å²) in [5, 5.41) is 0.916. The number of carbonyl (C=O) groups is 1. The zero-order valence-electron chi connectivity index (χ0n) is 8.64. The smallest absolute Gasteiger partial charge is 0.240 e. The van der Waals surface area contributed by atoms with Gasteiger partial charge in [-0.1, -0.05) is 17.7 Å². The topological polar surface area (TPSA) is 20.3 Å². The van der Waals surface area contributed by atoms with Gasteiger partial charge in [-0.05, 0) is 25.5 Å². The van der Waals surface area contributed by atoms with Crippen LogP contribution in [0.4, 0.5) is 5.69 Å². The zero-order chi connectivity index (χ0) is 10.4. The average Bonchev–Trinajstić information content (AvgIpc) is 2.18. The van der Waals surface area contributed by atoms with Gasteiger partial charge in [0.1, 0.15) is 0 Å². The third-order valence-corrected chi connectivity index (χ3v) is 4.56. The Morgan fingerprint density at radius 3 is 2.60 bits per heavy atom. The molecule has 2 atom stereocenters. The highest BCUT2D eigenvalue weighted by Gasteiger charge is 2.44. The Bertz CT molecular complexity index is 395. The lowest BCUT2D eigenvalue weighted by molar-refractivity contribution is -0.119. The van der Waals surface area contributed by atoms with E-state index in [9.17, 15) is 4.79 Å². The highest BCUT2D eigenvalue weighted by Crippen LogP contribution is 2.43. The van der Waals surface area contributed by atoms with Crippen LogP contribution in [0.25, 0.3) is 0 Å². The molecule has 3 saturated heterocycles. The molecule has 1 aromatic carbocycles. The van der Waals surface area contributed by atoms with E-state index in [1.54, 1.807) is 0 Å². The predicted octanol–water partition coefficient (Wildman–Crippen LogP) is 2.22. The van der Waals surface area contributed by atoms with Gasteiger partial charge in [-0.3, -0.25) is 4.79 Å². The molecular formula is C12H13NOS. The molecule has 1 aromatic rings. The minimum atomic E-state index is 0.241. The van der Waals surface area contributed by atoms with Crippen LogP contribution in [0.5, 0.6) is 0 Å². The summed E-state index contributed by atoms with van der Waals surface area (Å²) in [7, 11) is 0. The summed E-state index contributed by atoms with van der Waals surface area (Å²) >= 11 is 1.83. The van der Waals surface area contributed by atoms with Crippen molar-refractivity contribution < 1.29 is 4.79 Å². The van der Waals surface area contributed by atoms with Crippen LogP contribution in [-0.4, -0.2) is 23.0 Å². The summed E-state index contributed by atoms with van der Waals surface area (Å²) in [5.74, 6) is 0.298. The van der Waals surface area contributed by atoms with Crippen molar-refractivity contribution >= 4 is 23.4 Å². The van der Waals surface area contributed by atoms with E-state index in [0.29, 0.717) is 11.2 Å². The number of hydrogen-bond acceptors (Lipinski definition) is 2. The van der Waals surface area contributed by atoms with Crippen LogP contribution < -0.4 is 4.90 Å². The molecule has 0 aliphatic carbocycles. The molecule has 0 N–H and O–H groups in total. The summed E-state index contributed by atoms with van der Waals surface area (Å²) < 4.78 is 0. The van der Waals surface area contributed by atoms with E-state index < -0.39 is 0 Å².